The summed E-state index contributed by atoms with van der Waals surface area (Å²) in [5.74, 6) is 0. The largest absolute Gasteiger partial charge is 0.376 e. The van der Waals surface area contributed by atoms with Crippen molar-refractivity contribution in [3.63, 3.8) is 0 Å². The van der Waals surface area contributed by atoms with E-state index in [4.69, 9.17) is 16.3 Å². The molecule has 0 aliphatic carbocycles. The van der Waals surface area contributed by atoms with Crippen LogP contribution >= 0.6 is 11.6 Å². The second kappa shape index (κ2) is 6.05. The van der Waals surface area contributed by atoms with Crippen LogP contribution in [0, 0.1) is 13.8 Å². The molecule has 1 N–H and O–H groups in total. The van der Waals surface area contributed by atoms with Gasteiger partial charge in [0.25, 0.3) is 0 Å². The van der Waals surface area contributed by atoms with E-state index >= 15 is 0 Å². The maximum atomic E-state index is 6.17. The predicted molar refractivity (Wildman–Crippen MR) is 76.3 cm³/mol. The summed E-state index contributed by atoms with van der Waals surface area (Å²) in [4.78, 5) is 0. The highest BCUT2D eigenvalue weighted by atomic mass is 35.5. The smallest absolute Gasteiger partial charge is 0.0769 e. The highest BCUT2D eigenvalue weighted by Gasteiger charge is 2.26. The summed E-state index contributed by atoms with van der Waals surface area (Å²) < 4.78 is 5.92. The Kier molecular flexibility index (Phi) is 4.66. The minimum Gasteiger partial charge on any atom is -0.376 e. The first-order valence-corrected chi connectivity index (χ1v) is 7.06. The Labute approximate surface area is 115 Å². The van der Waals surface area contributed by atoms with Gasteiger partial charge in [0, 0.05) is 11.6 Å². The molecule has 1 heterocycles. The molecular weight excluding hydrogens is 246 g/mol. The van der Waals surface area contributed by atoms with E-state index in [1.165, 1.54) is 24.0 Å². The molecule has 1 aromatic carbocycles. The molecule has 1 aliphatic heterocycles. The molecule has 18 heavy (non-hydrogen) atoms. The zero-order chi connectivity index (χ0) is 13.1. The zero-order valence-corrected chi connectivity index (χ0v) is 12.2. The van der Waals surface area contributed by atoms with E-state index in [0.717, 1.165) is 23.6 Å². The summed E-state index contributed by atoms with van der Waals surface area (Å²) in [5, 5.41) is 4.25. The summed E-state index contributed by atoms with van der Waals surface area (Å²) in [6.07, 6.45) is 3.86. The average molecular weight is 268 g/mol. The number of hydrogen-bond donors (Lipinski definition) is 1. The first-order valence-electron chi connectivity index (χ1n) is 6.69. The van der Waals surface area contributed by atoms with Gasteiger partial charge in [0.1, 0.15) is 0 Å². The molecular formula is C15H22ClNO. The van der Waals surface area contributed by atoms with Gasteiger partial charge in [-0.2, -0.15) is 0 Å². The Balaban J connectivity index is 2.28. The van der Waals surface area contributed by atoms with Crippen molar-refractivity contribution in [3.8, 4) is 0 Å². The third kappa shape index (κ3) is 2.87. The number of hydrogen-bond acceptors (Lipinski definition) is 2. The second-order valence-electron chi connectivity index (χ2n) is 5.13. The molecule has 0 spiro atoms. The molecule has 2 unspecified atom stereocenters. The van der Waals surface area contributed by atoms with E-state index in [0.29, 0.717) is 0 Å². The lowest BCUT2D eigenvalue weighted by atomic mass is 9.92. The summed E-state index contributed by atoms with van der Waals surface area (Å²) in [5.41, 5.74) is 3.68. The van der Waals surface area contributed by atoms with E-state index in [1.807, 2.05) is 7.05 Å². The Hall–Kier alpha value is -0.570. The summed E-state index contributed by atoms with van der Waals surface area (Å²) in [6, 6.07) is 4.51. The first-order chi connectivity index (χ1) is 8.63. The lowest BCUT2D eigenvalue weighted by Gasteiger charge is -2.31. The molecule has 2 rings (SSSR count). The van der Waals surface area contributed by atoms with Gasteiger partial charge in [0.15, 0.2) is 0 Å². The third-order valence-electron chi connectivity index (χ3n) is 3.78. The monoisotopic (exact) mass is 267 g/mol. The highest BCUT2D eigenvalue weighted by molar-refractivity contribution is 6.31. The van der Waals surface area contributed by atoms with Crippen molar-refractivity contribution in [1.82, 2.24) is 5.32 Å². The number of nitrogens with one attached hydrogen (secondary N) is 1. The van der Waals surface area contributed by atoms with Gasteiger partial charge >= 0.3 is 0 Å². The van der Waals surface area contributed by atoms with Crippen LogP contribution in [0.1, 0.15) is 42.0 Å². The van der Waals surface area contributed by atoms with Crippen molar-refractivity contribution in [1.29, 1.82) is 0 Å². The number of aryl methyl sites for hydroxylation is 2. The molecule has 0 saturated carbocycles. The van der Waals surface area contributed by atoms with E-state index in [2.05, 4.69) is 31.3 Å². The van der Waals surface area contributed by atoms with Gasteiger partial charge in [-0.05, 0) is 62.9 Å². The lowest BCUT2D eigenvalue weighted by Crippen LogP contribution is -2.34. The zero-order valence-electron chi connectivity index (χ0n) is 11.4. The van der Waals surface area contributed by atoms with Crippen LogP contribution in [0.15, 0.2) is 12.1 Å². The number of benzene rings is 1. The number of likely N-dealkylation sites (N-methyl/N-ethyl adjacent to an activating group) is 1. The van der Waals surface area contributed by atoms with Crippen molar-refractivity contribution in [2.24, 2.45) is 0 Å². The van der Waals surface area contributed by atoms with Crippen LogP contribution in [0.2, 0.25) is 5.02 Å². The molecule has 0 bridgehead atoms. The fourth-order valence-electron chi connectivity index (χ4n) is 2.71. The highest BCUT2D eigenvalue weighted by Crippen LogP contribution is 2.31. The van der Waals surface area contributed by atoms with Gasteiger partial charge in [0.05, 0.1) is 12.1 Å². The van der Waals surface area contributed by atoms with Gasteiger partial charge in [-0.15, -0.1) is 0 Å². The molecule has 2 atom stereocenters. The second-order valence-corrected chi connectivity index (χ2v) is 5.54. The quantitative estimate of drug-likeness (QED) is 0.900. The third-order valence-corrected chi connectivity index (χ3v) is 4.19. The molecule has 3 heteroatoms. The minimum atomic E-state index is 0.265. The normalized spacial score (nSPS) is 21.9. The summed E-state index contributed by atoms with van der Waals surface area (Å²) >= 11 is 6.17. The van der Waals surface area contributed by atoms with Crippen LogP contribution in [0.25, 0.3) is 0 Å². The topological polar surface area (TPSA) is 21.3 Å². The van der Waals surface area contributed by atoms with Crippen LogP contribution in [0.4, 0.5) is 0 Å². The van der Waals surface area contributed by atoms with Crippen molar-refractivity contribution in [2.75, 3.05) is 13.7 Å². The van der Waals surface area contributed by atoms with Crippen LogP contribution in [0.5, 0.6) is 0 Å². The van der Waals surface area contributed by atoms with E-state index < -0.39 is 0 Å². The Morgan fingerprint density at radius 2 is 2.06 bits per heavy atom. The van der Waals surface area contributed by atoms with Crippen molar-refractivity contribution in [2.45, 2.75) is 45.3 Å². The van der Waals surface area contributed by atoms with E-state index in [9.17, 15) is 0 Å². The lowest BCUT2D eigenvalue weighted by molar-refractivity contribution is -0.00675. The van der Waals surface area contributed by atoms with Crippen molar-refractivity contribution < 1.29 is 4.74 Å². The molecule has 1 aliphatic rings. The fourth-order valence-corrected chi connectivity index (χ4v) is 2.93. The summed E-state index contributed by atoms with van der Waals surface area (Å²) in [7, 11) is 2.01. The van der Waals surface area contributed by atoms with Gasteiger partial charge in [-0.3, -0.25) is 0 Å². The standard InChI is InChI=1S/C15H22ClNO/c1-10-9-13(16)11(2)8-12(10)15(17-3)14-6-4-5-7-18-14/h8-9,14-15,17H,4-7H2,1-3H3. The van der Waals surface area contributed by atoms with Gasteiger partial charge in [-0.1, -0.05) is 17.7 Å². The Bertz CT molecular complexity index is 413. The van der Waals surface area contributed by atoms with Crippen LogP contribution in [0.3, 0.4) is 0 Å². The SMILES string of the molecule is CNC(c1cc(C)c(Cl)cc1C)C1CCCCO1. The average Bonchev–Trinajstić information content (AvgIpc) is 2.38. The molecule has 1 aromatic rings. The number of halogens is 1. The van der Waals surface area contributed by atoms with Gasteiger partial charge < -0.3 is 10.1 Å². The Morgan fingerprint density at radius 1 is 1.28 bits per heavy atom. The van der Waals surface area contributed by atoms with Crippen LogP contribution in [-0.2, 0) is 4.74 Å². The Morgan fingerprint density at radius 3 is 2.67 bits per heavy atom. The first kappa shape index (κ1) is 13.9. The molecule has 0 aromatic heterocycles. The molecule has 2 nitrogen and oxygen atoms in total. The molecule has 0 amide bonds. The fraction of sp³-hybridized carbons (Fsp3) is 0.600. The summed E-state index contributed by atoms with van der Waals surface area (Å²) in [6.45, 7) is 5.06. The molecule has 100 valence electrons. The van der Waals surface area contributed by atoms with Crippen LogP contribution in [-0.4, -0.2) is 19.8 Å². The molecule has 1 saturated heterocycles. The van der Waals surface area contributed by atoms with Crippen LogP contribution < -0.4 is 5.32 Å². The van der Waals surface area contributed by atoms with Gasteiger partial charge in [-0.25, -0.2) is 0 Å². The minimum absolute atomic E-state index is 0.265. The van der Waals surface area contributed by atoms with Crippen molar-refractivity contribution >= 4 is 11.6 Å². The molecule has 0 radical (unpaired) electrons. The van der Waals surface area contributed by atoms with E-state index in [1.54, 1.807) is 0 Å². The number of ether oxygens (including phenoxy) is 1. The number of rotatable bonds is 3. The maximum Gasteiger partial charge on any atom is 0.0769 e. The van der Waals surface area contributed by atoms with Crippen molar-refractivity contribution in [3.05, 3.63) is 33.8 Å². The van der Waals surface area contributed by atoms with E-state index in [-0.39, 0.29) is 12.1 Å². The maximum absolute atomic E-state index is 6.17. The van der Waals surface area contributed by atoms with Gasteiger partial charge in [0.2, 0.25) is 0 Å². The predicted octanol–water partition coefficient (Wildman–Crippen LogP) is 3.79. The molecule has 1 fully saturated rings.